The number of piperidine rings is 1. The summed E-state index contributed by atoms with van der Waals surface area (Å²) in [5.74, 6) is 0.954. The van der Waals surface area contributed by atoms with Gasteiger partial charge in [0.05, 0.1) is 5.39 Å². The largest absolute Gasteiger partial charge is 0.365 e. The summed E-state index contributed by atoms with van der Waals surface area (Å²) >= 11 is 0. The van der Waals surface area contributed by atoms with E-state index in [1.807, 2.05) is 0 Å². The molecule has 0 unspecified atom stereocenters. The lowest BCUT2D eigenvalue weighted by atomic mass is 10.0. The van der Waals surface area contributed by atoms with Crippen molar-refractivity contribution in [1.82, 2.24) is 19.9 Å². The van der Waals surface area contributed by atoms with E-state index in [-0.39, 0.29) is 0 Å². The van der Waals surface area contributed by atoms with Crippen LogP contribution in [0, 0.1) is 0 Å². The fraction of sp³-hybridized carbons (Fsp3) is 0.600. The summed E-state index contributed by atoms with van der Waals surface area (Å²) in [7, 11) is 0. The Balaban J connectivity index is 1.85. The van der Waals surface area contributed by atoms with Gasteiger partial charge in [0.2, 0.25) is 0 Å². The molecule has 1 saturated heterocycles. The van der Waals surface area contributed by atoms with Crippen molar-refractivity contribution in [3.63, 3.8) is 0 Å². The third-order valence-electron chi connectivity index (χ3n) is 4.07. The zero-order valence-corrected chi connectivity index (χ0v) is 12.4. The van der Waals surface area contributed by atoms with E-state index >= 15 is 0 Å². The minimum Gasteiger partial charge on any atom is -0.365 e. The van der Waals surface area contributed by atoms with Crippen LogP contribution in [0.2, 0.25) is 0 Å². The molecule has 0 spiro atoms. The molecule has 2 aromatic heterocycles. The summed E-state index contributed by atoms with van der Waals surface area (Å²) in [5, 5.41) is 8.19. The van der Waals surface area contributed by atoms with Crippen molar-refractivity contribution in [3.05, 3.63) is 18.6 Å². The fourth-order valence-corrected chi connectivity index (χ4v) is 2.82. The molecule has 108 valence electrons. The quantitative estimate of drug-likeness (QED) is 0.902. The molecule has 1 fully saturated rings. The molecular formula is C15H23N5. The van der Waals surface area contributed by atoms with E-state index in [1.54, 1.807) is 6.33 Å². The Morgan fingerprint density at radius 3 is 2.90 bits per heavy atom. The number of hydrogen-bond acceptors (Lipinski definition) is 4. The maximum atomic E-state index is 4.43. The zero-order valence-electron chi connectivity index (χ0n) is 12.4. The topological polar surface area (TPSA) is 54.8 Å². The van der Waals surface area contributed by atoms with Crippen LogP contribution in [0.25, 0.3) is 11.0 Å². The van der Waals surface area contributed by atoms with Gasteiger partial charge in [0.1, 0.15) is 17.8 Å². The van der Waals surface area contributed by atoms with Crippen molar-refractivity contribution in [2.45, 2.75) is 51.7 Å². The van der Waals surface area contributed by atoms with Gasteiger partial charge in [-0.15, -0.1) is 0 Å². The highest BCUT2D eigenvalue weighted by Crippen LogP contribution is 2.24. The smallest absolute Gasteiger partial charge is 0.145 e. The van der Waals surface area contributed by atoms with Crippen molar-refractivity contribution in [2.24, 2.45) is 0 Å². The average Bonchev–Trinajstić information content (AvgIpc) is 2.86. The summed E-state index contributed by atoms with van der Waals surface area (Å²) in [6.07, 6.45) is 6.14. The molecular weight excluding hydrogens is 250 g/mol. The third kappa shape index (κ3) is 2.50. The van der Waals surface area contributed by atoms with Crippen molar-refractivity contribution >= 4 is 16.9 Å². The van der Waals surface area contributed by atoms with E-state index in [1.165, 1.54) is 12.8 Å². The lowest BCUT2D eigenvalue weighted by molar-refractivity contribution is 0.398. The van der Waals surface area contributed by atoms with Crippen molar-refractivity contribution in [3.8, 4) is 0 Å². The Morgan fingerprint density at radius 1 is 1.35 bits per heavy atom. The van der Waals surface area contributed by atoms with Gasteiger partial charge in [-0.05, 0) is 39.7 Å². The van der Waals surface area contributed by atoms with Crippen molar-refractivity contribution < 1.29 is 0 Å². The van der Waals surface area contributed by atoms with Crippen molar-refractivity contribution in [2.75, 3.05) is 11.9 Å². The van der Waals surface area contributed by atoms with Gasteiger partial charge >= 0.3 is 0 Å². The monoisotopic (exact) mass is 273 g/mol. The molecule has 2 aromatic rings. The van der Waals surface area contributed by atoms with Crippen LogP contribution in [0.3, 0.4) is 0 Å². The number of nitrogens with zero attached hydrogens (tertiary/aromatic N) is 3. The van der Waals surface area contributed by atoms with Gasteiger partial charge < -0.3 is 15.2 Å². The van der Waals surface area contributed by atoms with E-state index in [9.17, 15) is 0 Å². The maximum absolute atomic E-state index is 4.43. The molecule has 3 heterocycles. The second kappa shape index (κ2) is 5.40. The fourth-order valence-electron chi connectivity index (χ4n) is 2.82. The highest BCUT2D eigenvalue weighted by atomic mass is 15.1. The van der Waals surface area contributed by atoms with Gasteiger partial charge in [-0.25, -0.2) is 9.97 Å². The first kappa shape index (κ1) is 13.4. The highest BCUT2D eigenvalue weighted by Gasteiger charge is 2.19. The predicted molar refractivity (Wildman–Crippen MR) is 82.0 cm³/mol. The standard InChI is InChI=1S/C15H23N5/c1-10(2)20-7-6-13-14(17-9-18-15(13)20)19-12-5-4-11(3)16-8-12/h6-7,9-12,16H,4-5,8H2,1-3H3,(H,17,18,19)/t11-,12-/m0/s1. The minimum absolute atomic E-state index is 0.410. The Hall–Kier alpha value is -1.62. The van der Waals surface area contributed by atoms with Crippen LogP contribution in [0.4, 0.5) is 5.82 Å². The molecule has 0 aromatic carbocycles. The molecule has 0 amide bonds. The number of fused-ring (bicyclic) bond motifs is 1. The zero-order chi connectivity index (χ0) is 14.1. The molecule has 2 N–H and O–H groups in total. The van der Waals surface area contributed by atoms with E-state index in [2.05, 4.69) is 58.2 Å². The first-order chi connectivity index (χ1) is 9.65. The van der Waals surface area contributed by atoms with Crippen LogP contribution in [0.5, 0.6) is 0 Å². The SMILES string of the molecule is CC(C)n1ccc2c(N[C@H]3CC[C@H](C)NC3)ncnc21. The van der Waals surface area contributed by atoms with Crippen LogP contribution in [0.1, 0.15) is 39.7 Å². The van der Waals surface area contributed by atoms with Crippen molar-refractivity contribution in [1.29, 1.82) is 0 Å². The Bertz CT molecular complexity index is 581. The first-order valence-corrected chi connectivity index (χ1v) is 7.46. The lowest BCUT2D eigenvalue weighted by Crippen LogP contribution is -2.43. The van der Waals surface area contributed by atoms with Crippen LogP contribution in [0.15, 0.2) is 18.6 Å². The molecule has 0 saturated carbocycles. The second-order valence-electron chi connectivity index (χ2n) is 6.00. The number of anilines is 1. The Labute approximate surface area is 119 Å². The summed E-state index contributed by atoms with van der Waals surface area (Å²) in [6, 6.07) is 3.59. The van der Waals surface area contributed by atoms with Gasteiger partial charge in [0, 0.05) is 30.9 Å². The number of rotatable bonds is 3. The molecule has 0 radical (unpaired) electrons. The molecule has 1 aliphatic rings. The van der Waals surface area contributed by atoms with Gasteiger partial charge in [0.25, 0.3) is 0 Å². The van der Waals surface area contributed by atoms with Crippen LogP contribution < -0.4 is 10.6 Å². The molecule has 5 heteroatoms. The van der Waals surface area contributed by atoms with Crippen LogP contribution >= 0.6 is 0 Å². The number of aromatic nitrogens is 3. The van der Waals surface area contributed by atoms with E-state index in [0.29, 0.717) is 18.1 Å². The average molecular weight is 273 g/mol. The van der Waals surface area contributed by atoms with Gasteiger partial charge in [-0.1, -0.05) is 0 Å². The molecule has 0 bridgehead atoms. The maximum Gasteiger partial charge on any atom is 0.145 e. The number of nitrogens with one attached hydrogen (secondary N) is 2. The van der Waals surface area contributed by atoms with E-state index < -0.39 is 0 Å². The first-order valence-electron chi connectivity index (χ1n) is 7.46. The summed E-state index contributed by atoms with van der Waals surface area (Å²) in [6.45, 7) is 7.57. The van der Waals surface area contributed by atoms with Gasteiger partial charge in [0.15, 0.2) is 0 Å². The summed E-state index contributed by atoms with van der Waals surface area (Å²) in [5.41, 5.74) is 1.01. The summed E-state index contributed by atoms with van der Waals surface area (Å²) in [4.78, 5) is 8.85. The third-order valence-corrected chi connectivity index (χ3v) is 4.07. The Morgan fingerprint density at radius 2 is 2.20 bits per heavy atom. The highest BCUT2D eigenvalue weighted by molar-refractivity contribution is 5.87. The molecule has 2 atom stereocenters. The summed E-state index contributed by atoms with van der Waals surface area (Å²) < 4.78 is 2.18. The minimum atomic E-state index is 0.410. The van der Waals surface area contributed by atoms with E-state index in [0.717, 1.165) is 23.4 Å². The molecule has 5 nitrogen and oxygen atoms in total. The lowest BCUT2D eigenvalue weighted by Gasteiger charge is -2.28. The van der Waals surface area contributed by atoms with Crippen LogP contribution in [-0.2, 0) is 0 Å². The molecule has 1 aliphatic heterocycles. The molecule has 20 heavy (non-hydrogen) atoms. The van der Waals surface area contributed by atoms with E-state index in [4.69, 9.17) is 0 Å². The van der Waals surface area contributed by atoms with Gasteiger partial charge in [-0.3, -0.25) is 0 Å². The normalized spacial score (nSPS) is 23.4. The van der Waals surface area contributed by atoms with Gasteiger partial charge in [-0.2, -0.15) is 0 Å². The second-order valence-corrected chi connectivity index (χ2v) is 6.00. The molecule has 0 aliphatic carbocycles. The van der Waals surface area contributed by atoms with Crippen LogP contribution in [-0.4, -0.2) is 33.2 Å². The molecule has 3 rings (SSSR count). The predicted octanol–water partition coefficient (Wildman–Crippen LogP) is 2.56. The Kier molecular flexibility index (Phi) is 3.61. The number of hydrogen-bond donors (Lipinski definition) is 2.